The van der Waals surface area contributed by atoms with E-state index in [2.05, 4.69) is 72.6 Å². The van der Waals surface area contributed by atoms with Gasteiger partial charge in [0.1, 0.15) is 0 Å². The maximum absolute atomic E-state index is 3.49. The van der Waals surface area contributed by atoms with E-state index >= 15 is 0 Å². The lowest BCUT2D eigenvalue weighted by Crippen LogP contribution is -2.45. The maximum atomic E-state index is 3.49. The summed E-state index contributed by atoms with van der Waals surface area (Å²) in [6, 6.07) is 18.3. The summed E-state index contributed by atoms with van der Waals surface area (Å²) in [7, 11) is 0. The Hall–Kier alpha value is -1.64. The second-order valence-corrected chi connectivity index (χ2v) is 6.29. The van der Waals surface area contributed by atoms with Crippen LogP contribution in [0.15, 0.2) is 48.5 Å². The smallest absolute Gasteiger partial charge is 0.0608 e. The number of piperazine rings is 1. The molecule has 0 spiro atoms. The van der Waals surface area contributed by atoms with E-state index in [4.69, 9.17) is 0 Å². The molecule has 2 aromatic carbocycles. The summed E-state index contributed by atoms with van der Waals surface area (Å²) in [6.45, 7) is 8.92. The van der Waals surface area contributed by atoms with Crippen molar-refractivity contribution in [3.8, 4) is 0 Å². The van der Waals surface area contributed by atoms with Crippen LogP contribution in [0.3, 0.4) is 0 Å². The summed E-state index contributed by atoms with van der Waals surface area (Å²) in [4.78, 5) is 2.65. The molecule has 0 saturated carbocycles. The number of nitrogens with one attached hydrogen (secondary N) is 1. The predicted molar refractivity (Wildman–Crippen MR) is 97.9 cm³/mol. The van der Waals surface area contributed by atoms with E-state index in [0.29, 0.717) is 6.04 Å². The van der Waals surface area contributed by atoms with E-state index in [1.807, 2.05) is 0 Å². The molecule has 0 atom stereocenters. The van der Waals surface area contributed by atoms with E-state index < -0.39 is 0 Å². The lowest BCUT2D eigenvalue weighted by molar-refractivity contribution is 0.197. The third-order valence-corrected chi connectivity index (χ3v) is 4.98. The maximum Gasteiger partial charge on any atom is 0.0608 e. The van der Waals surface area contributed by atoms with Crippen molar-refractivity contribution >= 4 is 0 Å². The number of hydrogen-bond donors (Lipinski definition) is 1. The molecule has 0 aromatic heterocycles. The first-order chi connectivity index (χ1) is 11.3. The van der Waals surface area contributed by atoms with Crippen molar-refractivity contribution in [1.29, 1.82) is 0 Å². The van der Waals surface area contributed by atoms with Crippen LogP contribution in [0, 0.1) is 0 Å². The summed E-state index contributed by atoms with van der Waals surface area (Å²) in [5.41, 5.74) is 5.92. The third-order valence-electron chi connectivity index (χ3n) is 4.98. The van der Waals surface area contributed by atoms with E-state index in [9.17, 15) is 0 Å². The lowest BCUT2D eigenvalue weighted by atomic mass is 9.88. The van der Waals surface area contributed by atoms with Gasteiger partial charge in [-0.25, -0.2) is 0 Å². The van der Waals surface area contributed by atoms with Crippen molar-refractivity contribution in [2.75, 3.05) is 26.2 Å². The highest BCUT2D eigenvalue weighted by molar-refractivity contribution is 5.41. The monoisotopic (exact) mass is 308 g/mol. The van der Waals surface area contributed by atoms with Crippen LogP contribution >= 0.6 is 0 Å². The van der Waals surface area contributed by atoms with E-state index in [0.717, 1.165) is 39.0 Å². The zero-order chi connectivity index (χ0) is 16.1. The van der Waals surface area contributed by atoms with Crippen LogP contribution in [0.2, 0.25) is 0 Å². The predicted octanol–water partition coefficient (Wildman–Crippen LogP) is 3.81. The van der Waals surface area contributed by atoms with Crippen LogP contribution in [0.5, 0.6) is 0 Å². The topological polar surface area (TPSA) is 15.3 Å². The molecule has 1 heterocycles. The minimum Gasteiger partial charge on any atom is -0.314 e. The average molecular weight is 308 g/mol. The molecule has 0 amide bonds. The number of benzene rings is 2. The van der Waals surface area contributed by atoms with Gasteiger partial charge in [0.05, 0.1) is 6.04 Å². The van der Waals surface area contributed by atoms with Gasteiger partial charge in [-0.2, -0.15) is 0 Å². The van der Waals surface area contributed by atoms with Gasteiger partial charge in [-0.05, 0) is 35.1 Å². The van der Waals surface area contributed by atoms with Gasteiger partial charge in [0, 0.05) is 26.2 Å². The SMILES string of the molecule is CCc1ccccc1C(c1ccccc1CC)N1CCNCC1. The highest BCUT2D eigenvalue weighted by Gasteiger charge is 2.26. The summed E-state index contributed by atoms with van der Waals surface area (Å²) >= 11 is 0. The molecule has 0 bridgehead atoms. The molecule has 1 saturated heterocycles. The fraction of sp³-hybridized carbons (Fsp3) is 0.429. The Kier molecular flexibility index (Phi) is 5.47. The minimum absolute atomic E-state index is 0.379. The molecular weight excluding hydrogens is 280 g/mol. The van der Waals surface area contributed by atoms with E-state index in [1.165, 1.54) is 22.3 Å². The minimum atomic E-state index is 0.379. The molecule has 0 aliphatic carbocycles. The van der Waals surface area contributed by atoms with Crippen LogP contribution in [0.25, 0.3) is 0 Å². The summed E-state index contributed by atoms with van der Waals surface area (Å²) in [5, 5.41) is 3.49. The van der Waals surface area contributed by atoms with Gasteiger partial charge in [0.25, 0.3) is 0 Å². The molecule has 1 N–H and O–H groups in total. The zero-order valence-corrected chi connectivity index (χ0v) is 14.4. The van der Waals surface area contributed by atoms with E-state index in [1.54, 1.807) is 0 Å². The van der Waals surface area contributed by atoms with Gasteiger partial charge in [-0.3, -0.25) is 4.90 Å². The molecule has 2 heteroatoms. The first-order valence-corrected chi connectivity index (χ1v) is 8.95. The molecule has 1 aliphatic heterocycles. The van der Waals surface area contributed by atoms with Gasteiger partial charge in [-0.1, -0.05) is 62.4 Å². The fourth-order valence-corrected chi connectivity index (χ4v) is 3.75. The highest BCUT2D eigenvalue weighted by atomic mass is 15.2. The standard InChI is InChI=1S/C21H28N2/c1-3-17-9-5-7-11-19(17)21(23-15-13-22-14-16-23)20-12-8-6-10-18(20)4-2/h5-12,21-22H,3-4,13-16H2,1-2H3. The van der Waals surface area contributed by atoms with Gasteiger partial charge >= 0.3 is 0 Å². The highest BCUT2D eigenvalue weighted by Crippen LogP contribution is 2.33. The van der Waals surface area contributed by atoms with Crippen LogP contribution in [0.1, 0.15) is 42.1 Å². The van der Waals surface area contributed by atoms with Gasteiger partial charge in [0.2, 0.25) is 0 Å². The van der Waals surface area contributed by atoms with Crippen LogP contribution in [-0.4, -0.2) is 31.1 Å². The molecule has 2 aromatic rings. The van der Waals surface area contributed by atoms with Crippen LogP contribution in [0.4, 0.5) is 0 Å². The Morgan fingerprint density at radius 2 is 1.30 bits per heavy atom. The van der Waals surface area contributed by atoms with Gasteiger partial charge in [0.15, 0.2) is 0 Å². The number of nitrogens with zero attached hydrogens (tertiary/aromatic N) is 1. The summed E-state index contributed by atoms with van der Waals surface area (Å²) in [6.07, 6.45) is 2.18. The van der Waals surface area contributed by atoms with Crippen LogP contribution in [-0.2, 0) is 12.8 Å². The molecule has 0 radical (unpaired) electrons. The Morgan fingerprint density at radius 1 is 0.826 bits per heavy atom. The Labute approximate surface area is 140 Å². The molecule has 1 fully saturated rings. The molecule has 2 nitrogen and oxygen atoms in total. The van der Waals surface area contributed by atoms with Crippen molar-refractivity contribution in [3.63, 3.8) is 0 Å². The second kappa shape index (κ2) is 7.76. The second-order valence-electron chi connectivity index (χ2n) is 6.29. The van der Waals surface area contributed by atoms with Gasteiger partial charge in [-0.15, -0.1) is 0 Å². The normalized spacial score (nSPS) is 16.0. The van der Waals surface area contributed by atoms with Crippen molar-refractivity contribution in [3.05, 3.63) is 70.8 Å². The van der Waals surface area contributed by atoms with Crippen molar-refractivity contribution in [1.82, 2.24) is 10.2 Å². The first-order valence-electron chi connectivity index (χ1n) is 8.95. The lowest BCUT2D eigenvalue weighted by Gasteiger charge is -2.37. The van der Waals surface area contributed by atoms with Crippen molar-refractivity contribution < 1.29 is 0 Å². The van der Waals surface area contributed by atoms with Gasteiger partial charge < -0.3 is 5.32 Å². The first kappa shape index (κ1) is 16.2. The van der Waals surface area contributed by atoms with Crippen molar-refractivity contribution in [2.24, 2.45) is 0 Å². The number of aryl methyl sites for hydroxylation is 2. The molecule has 23 heavy (non-hydrogen) atoms. The summed E-state index contributed by atoms with van der Waals surface area (Å²) < 4.78 is 0. The molecule has 0 unspecified atom stereocenters. The Balaban J connectivity index is 2.10. The average Bonchev–Trinajstić information content (AvgIpc) is 2.64. The molecule has 3 rings (SSSR count). The Bertz CT molecular complexity index is 582. The molecule has 1 aliphatic rings. The number of hydrogen-bond acceptors (Lipinski definition) is 2. The zero-order valence-electron chi connectivity index (χ0n) is 14.4. The van der Waals surface area contributed by atoms with E-state index in [-0.39, 0.29) is 0 Å². The number of rotatable bonds is 5. The van der Waals surface area contributed by atoms with Crippen molar-refractivity contribution in [2.45, 2.75) is 32.7 Å². The fourth-order valence-electron chi connectivity index (χ4n) is 3.75. The molecular formula is C21H28N2. The Morgan fingerprint density at radius 3 is 1.78 bits per heavy atom. The van der Waals surface area contributed by atoms with Crippen LogP contribution < -0.4 is 5.32 Å². The third kappa shape index (κ3) is 3.49. The largest absolute Gasteiger partial charge is 0.314 e. The summed E-state index contributed by atoms with van der Waals surface area (Å²) in [5.74, 6) is 0. The molecule has 122 valence electrons. The quantitative estimate of drug-likeness (QED) is 0.903.